The number of pyridine rings is 1. The molecule has 0 aliphatic heterocycles. The largest absolute Gasteiger partial charge is 0.368 e. The number of rotatable bonds is 9. The number of carbonyl (C=O) groups excluding carboxylic acids is 4. The Morgan fingerprint density at radius 3 is 2.32 bits per heavy atom. The van der Waals surface area contributed by atoms with E-state index in [1.165, 1.54) is 6.07 Å². The van der Waals surface area contributed by atoms with Gasteiger partial charge in [0.05, 0.1) is 18.7 Å². The van der Waals surface area contributed by atoms with Gasteiger partial charge in [-0.3, -0.25) is 19.2 Å². The van der Waals surface area contributed by atoms with Crippen molar-refractivity contribution < 1.29 is 27.6 Å². The van der Waals surface area contributed by atoms with Crippen LogP contribution in [0.2, 0.25) is 0 Å². The molecule has 0 aliphatic rings. The topological polar surface area (TPSA) is 201 Å². The van der Waals surface area contributed by atoms with Crippen LogP contribution in [0.4, 0.5) is 0 Å². The molecule has 0 fully saturated rings. The summed E-state index contributed by atoms with van der Waals surface area (Å²) in [5.74, 6) is -2.61. The Balaban J connectivity index is 2.53. The molecule has 0 bridgehead atoms. The highest BCUT2D eigenvalue weighted by Gasteiger charge is 2.18. The van der Waals surface area contributed by atoms with Gasteiger partial charge < -0.3 is 21.7 Å². The number of hydrogen-bond donors (Lipinski definition) is 4. The van der Waals surface area contributed by atoms with Crippen molar-refractivity contribution in [2.45, 2.75) is 11.4 Å². The van der Waals surface area contributed by atoms with E-state index in [1.54, 1.807) is 6.07 Å². The zero-order chi connectivity index (χ0) is 21.3. The summed E-state index contributed by atoms with van der Waals surface area (Å²) in [6.45, 7) is -0.823. The number of nitrogens with one attached hydrogen (secondary N) is 3. The first-order valence-corrected chi connectivity index (χ1v) is 9.65. The van der Waals surface area contributed by atoms with E-state index in [9.17, 15) is 27.6 Å². The fourth-order valence-corrected chi connectivity index (χ4v) is 2.61. The zero-order valence-electron chi connectivity index (χ0n) is 14.8. The predicted molar refractivity (Wildman–Crippen MR) is 94.2 cm³/mol. The maximum absolute atomic E-state index is 12.0. The van der Waals surface area contributed by atoms with Crippen LogP contribution in [0.5, 0.6) is 0 Å². The molecule has 1 heterocycles. The first kappa shape index (κ1) is 22.5. The number of primary amides is 1. The summed E-state index contributed by atoms with van der Waals surface area (Å²) in [6, 6.07) is 4.03. The molecular formula is C15H18N6O6S. The number of hydrogen-bond acceptors (Lipinski definition) is 8. The number of nitrogens with two attached hydrogens (primary N) is 1. The van der Waals surface area contributed by atoms with Crippen LogP contribution in [-0.2, 0) is 24.2 Å². The summed E-state index contributed by atoms with van der Waals surface area (Å²) in [5, 5.41) is 15.2. The molecule has 13 heteroatoms. The third kappa shape index (κ3) is 7.38. The standard InChI is InChI=1S/C15H18N6O6S/c1-28(26,27)15-9(6-16)2-3-10(21-15)14(25)18-5-4-12(23)20-8-13(24)19-7-11(17)22/h2-3H,4-5,7-8H2,1H3,(H2,17,22)(H,18,25)(H,19,24)(H,20,23). The molecule has 1 aromatic heterocycles. The van der Waals surface area contributed by atoms with Gasteiger partial charge >= 0.3 is 0 Å². The van der Waals surface area contributed by atoms with Crippen molar-refractivity contribution in [3.63, 3.8) is 0 Å². The van der Waals surface area contributed by atoms with Gasteiger partial charge in [0.25, 0.3) is 5.91 Å². The Kier molecular flexibility index (Phi) is 8.02. The number of nitriles is 1. The van der Waals surface area contributed by atoms with E-state index < -0.39 is 38.5 Å². The summed E-state index contributed by atoms with van der Waals surface area (Å²) in [6.07, 6.45) is 0.700. The molecule has 4 amide bonds. The van der Waals surface area contributed by atoms with Gasteiger partial charge in [0, 0.05) is 19.2 Å². The summed E-state index contributed by atoms with van der Waals surface area (Å²) in [5.41, 5.74) is 4.43. The first-order chi connectivity index (χ1) is 13.0. The SMILES string of the molecule is CS(=O)(=O)c1nc(C(=O)NCCC(=O)NCC(=O)NCC(N)=O)ccc1C#N. The highest BCUT2D eigenvalue weighted by Crippen LogP contribution is 2.13. The quantitative estimate of drug-likeness (QED) is 0.334. The molecule has 0 aliphatic carbocycles. The Bertz CT molecular complexity index is 937. The smallest absolute Gasteiger partial charge is 0.269 e. The van der Waals surface area contributed by atoms with E-state index in [-0.39, 0.29) is 37.3 Å². The van der Waals surface area contributed by atoms with Crippen LogP contribution in [-0.4, -0.2) is 62.9 Å². The van der Waals surface area contributed by atoms with Crippen molar-refractivity contribution in [2.24, 2.45) is 5.73 Å². The monoisotopic (exact) mass is 410 g/mol. The van der Waals surface area contributed by atoms with Gasteiger partial charge in [-0.15, -0.1) is 0 Å². The number of sulfone groups is 1. The van der Waals surface area contributed by atoms with Crippen molar-refractivity contribution in [2.75, 3.05) is 25.9 Å². The average Bonchev–Trinajstić information content (AvgIpc) is 2.63. The molecule has 0 radical (unpaired) electrons. The highest BCUT2D eigenvalue weighted by molar-refractivity contribution is 7.90. The summed E-state index contributed by atoms with van der Waals surface area (Å²) < 4.78 is 23.3. The molecule has 28 heavy (non-hydrogen) atoms. The van der Waals surface area contributed by atoms with Crippen molar-refractivity contribution in [1.82, 2.24) is 20.9 Å². The van der Waals surface area contributed by atoms with Gasteiger partial charge in [-0.05, 0) is 12.1 Å². The number of nitrogens with zero attached hydrogens (tertiary/aromatic N) is 2. The lowest BCUT2D eigenvalue weighted by Gasteiger charge is -2.08. The van der Waals surface area contributed by atoms with Crippen molar-refractivity contribution in [3.8, 4) is 6.07 Å². The molecule has 0 spiro atoms. The van der Waals surface area contributed by atoms with E-state index >= 15 is 0 Å². The zero-order valence-corrected chi connectivity index (χ0v) is 15.6. The lowest BCUT2D eigenvalue weighted by Crippen LogP contribution is -2.41. The lowest BCUT2D eigenvalue weighted by atomic mass is 10.2. The Morgan fingerprint density at radius 2 is 1.75 bits per heavy atom. The van der Waals surface area contributed by atoms with E-state index in [0.717, 1.165) is 12.3 Å². The van der Waals surface area contributed by atoms with E-state index in [0.29, 0.717) is 0 Å². The molecule has 0 saturated carbocycles. The highest BCUT2D eigenvalue weighted by atomic mass is 32.2. The molecule has 0 atom stereocenters. The minimum atomic E-state index is -3.81. The van der Waals surface area contributed by atoms with Crippen molar-refractivity contribution in [1.29, 1.82) is 5.26 Å². The second kappa shape index (κ2) is 9.97. The van der Waals surface area contributed by atoms with E-state index in [1.807, 2.05) is 0 Å². The Labute approximate surface area is 160 Å². The van der Waals surface area contributed by atoms with Crippen LogP contribution in [0.15, 0.2) is 17.2 Å². The summed E-state index contributed by atoms with van der Waals surface area (Å²) >= 11 is 0. The third-order valence-electron chi connectivity index (χ3n) is 3.11. The molecular weight excluding hydrogens is 392 g/mol. The second-order valence-corrected chi connectivity index (χ2v) is 7.39. The van der Waals surface area contributed by atoms with E-state index in [2.05, 4.69) is 20.9 Å². The van der Waals surface area contributed by atoms with Crippen molar-refractivity contribution >= 4 is 33.5 Å². The average molecular weight is 410 g/mol. The minimum absolute atomic E-state index is 0.108. The number of aromatic nitrogens is 1. The van der Waals surface area contributed by atoms with Crippen molar-refractivity contribution in [3.05, 3.63) is 23.4 Å². The van der Waals surface area contributed by atoms with Crippen LogP contribution >= 0.6 is 0 Å². The van der Waals surface area contributed by atoms with Crippen LogP contribution in [0.3, 0.4) is 0 Å². The maximum Gasteiger partial charge on any atom is 0.269 e. The molecule has 0 unspecified atom stereocenters. The molecule has 0 saturated heterocycles. The molecule has 5 N–H and O–H groups in total. The molecule has 12 nitrogen and oxygen atoms in total. The fourth-order valence-electron chi connectivity index (χ4n) is 1.83. The van der Waals surface area contributed by atoms with Gasteiger partial charge in [-0.1, -0.05) is 0 Å². The molecule has 1 aromatic rings. The van der Waals surface area contributed by atoms with Gasteiger partial charge in [0.2, 0.25) is 17.7 Å². The van der Waals surface area contributed by atoms with Crippen LogP contribution in [0, 0.1) is 11.3 Å². The third-order valence-corrected chi connectivity index (χ3v) is 4.12. The first-order valence-electron chi connectivity index (χ1n) is 7.75. The van der Waals surface area contributed by atoms with Gasteiger partial charge in [-0.2, -0.15) is 5.26 Å². The van der Waals surface area contributed by atoms with E-state index in [4.69, 9.17) is 11.0 Å². The maximum atomic E-state index is 12.0. The summed E-state index contributed by atoms with van der Waals surface area (Å²) in [7, 11) is -3.81. The molecule has 1 rings (SSSR count). The minimum Gasteiger partial charge on any atom is -0.368 e. The van der Waals surface area contributed by atoms with Crippen LogP contribution in [0.1, 0.15) is 22.5 Å². The van der Waals surface area contributed by atoms with Crippen LogP contribution in [0.25, 0.3) is 0 Å². The van der Waals surface area contributed by atoms with Crippen LogP contribution < -0.4 is 21.7 Å². The number of carbonyl (C=O) groups is 4. The Hall–Kier alpha value is -3.53. The molecule has 150 valence electrons. The van der Waals surface area contributed by atoms with Gasteiger partial charge in [0.1, 0.15) is 11.8 Å². The second-order valence-electron chi connectivity index (χ2n) is 5.46. The Morgan fingerprint density at radius 1 is 1.11 bits per heavy atom. The fraction of sp³-hybridized carbons (Fsp3) is 0.333. The normalized spacial score (nSPS) is 10.4. The summed E-state index contributed by atoms with van der Waals surface area (Å²) in [4.78, 5) is 49.1. The van der Waals surface area contributed by atoms with Gasteiger partial charge in [-0.25, -0.2) is 13.4 Å². The lowest BCUT2D eigenvalue weighted by molar-refractivity contribution is -0.127. The predicted octanol–water partition coefficient (Wildman–Crippen LogP) is -2.81. The number of amides is 4. The van der Waals surface area contributed by atoms with Gasteiger partial charge in [0.15, 0.2) is 14.9 Å². The molecule has 0 aromatic carbocycles.